The number of ether oxygens (including phenoxy) is 1. The molecule has 2 heterocycles. The summed E-state index contributed by atoms with van der Waals surface area (Å²) in [6.45, 7) is 8.06. The van der Waals surface area contributed by atoms with Crippen LogP contribution in [0.2, 0.25) is 0 Å². The van der Waals surface area contributed by atoms with E-state index in [1.807, 2.05) is 0 Å². The number of methoxy groups -OCH3 is 1. The fourth-order valence-corrected chi connectivity index (χ4v) is 4.35. The van der Waals surface area contributed by atoms with E-state index in [1.54, 1.807) is 7.11 Å². The predicted octanol–water partition coefficient (Wildman–Crippen LogP) is 1.58. The summed E-state index contributed by atoms with van der Waals surface area (Å²) in [5.41, 5.74) is 0.209. The van der Waals surface area contributed by atoms with E-state index in [1.165, 1.54) is 6.42 Å². The topological polar surface area (TPSA) is 44.8 Å². The molecule has 3 aliphatic rings. The zero-order valence-corrected chi connectivity index (χ0v) is 15.7. The first kappa shape index (κ1) is 18.2. The maximum atomic E-state index is 12.8. The first-order valence-corrected chi connectivity index (χ1v) is 9.73. The van der Waals surface area contributed by atoms with Gasteiger partial charge < -0.3 is 19.9 Å². The van der Waals surface area contributed by atoms with Gasteiger partial charge in [0.1, 0.15) is 0 Å². The van der Waals surface area contributed by atoms with Gasteiger partial charge in [0.2, 0.25) is 5.91 Å². The Morgan fingerprint density at radius 1 is 1.21 bits per heavy atom. The average molecular weight is 338 g/mol. The highest BCUT2D eigenvalue weighted by molar-refractivity contribution is 5.79. The molecule has 1 amide bonds. The minimum atomic E-state index is 0.209. The lowest BCUT2D eigenvalue weighted by Gasteiger charge is -2.43. The molecule has 2 atom stereocenters. The number of likely N-dealkylation sites (tertiary alicyclic amines) is 2. The fourth-order valence-electron chi connectivity index (χ4n) is 4.35. The molecule has 0 radical (unpaired) electrons. The molecule has 1 aliphatic carbocycles. The van der Waals surface area contributed by atoms with Gasteiger partial charge in [-0.25, -0.2) is 0 Å². The van der Waals surface area contributed by atoms with Gasteiger partial charge in [0.05, 0.1) is 6.61 Å². The molecule has 0 aromatic rings. The van der Waals surface area contributed by atoms with Crippen LogP contribution in [0.1, 0.15) is 39.0 Å². The second-order valence-corrected chi connectivity index (χ2v) is 8.54. The Balaban J connectivity index is 1.49. The number of carbonyl (C=O) groups excluding carboxylic acids is 1. The quantitative estimate of drug-likeness (QED) is 0.799. The Hall–Kier alpha value is -0.650. The monoisotopic (exact) mass is 337 g/mol. The van der Waals surface area contributed by atoms with Gasteiger partial charge in [0, 0.05) is 44.1 Å². The molecular formula is C19H35N3O2. The summed E-state index contributed by atoms with van der Waals surface area (Å²) in [6, 6.07) is 0.706. The Kier molecular flexibility index (Phi) is 5.83. The minimum Gasteiger partial charge on any atom is -0.384 e. The summed E-state index contributed by atoms with van der Waals surface area (Å²) in [4.78, 5) is 17.3. The molecule has 0 unspecified atom stereocenters. The third-order valence-corrected chi connectivity index (χ3v) is 6.50. The number of hydrogen-bond donors (Lipinski definition) is 1. The Labute approximate surface area is 147 Å². The fraction of sp³-hybridized carbons (Fsp3) is 0.947. The van der Waals surface area contributed by atoms with Crippen LogP contribution in [0.4, 0.5) is 0 Å². The molecule has 5 heteroatoms. The van der Waals surface area contributed by atoms with Crippen molar-refractivity contribution in [2.75, 3.05) is 53.5 Å². The lowest BCUT2D eigenvalue weighted by Crippen LogP contribution is -2.51. The van der Waals surface area contributed by atoms with Crippen LogP contribution < -0.4 is 5.32 Å². The van der Waals surface area contributed by atoms with Crippen LogP contribution in [0.3, 0.4) is 0 Å². The normalized spacial score (nSPS) is 31.2. The molecule has 24 heavy (non-hydrogen) atoms. The van der Waals surface area contributed by atoms with E-state index in [0.29, 0.717) is 11.9 Å². The van der Waals surface area contributed by atoms with E-state index >= 15 is 0 Å². The third kappa shape index (κ3) is 4.30. The Morgan fingerprint density at radius 3 is 2.38 bits per heavy atom. The largest absolute Gasteiger partial charge is 0.384 e. The molecule has 1 saturated carbocycles. The van der Waals surface area contributed by atoms with Crippen molar-refractivity contribution in [2.45, 2.75) is 45.1 Å². The third-order valence-electron chi connectivity index (χ3n) is 6.50. The summed E-state index contributed by atoms with van der Waals surface area (Å²) < 4.78 is 5.54. The molecule has 0 aromatic heterocycles. The molecule has 0 spiro atoms. The minimum absolute atomic E-state index is 0.209. The van der Waals surface area contributed by atoms with Gasteiger partial charge in [0.15, 0.2) is 0 Å². The van der Waals surface area contributed by atoms with Crippen LogP contribution in [-0.2, 0) is 9.53 Å². The molecular weight excluding hydrogens is 302 g/mol. The first-order chi connectivity index (χ1) is 11.5. The summed E-state index contributed by atoms with van der Waals surface area (Å²) in [7, 11) is 3.95. The number of nitrogens with one attached hydrogen (secondary N) is 1. The average Bonchev–Trinajstić information content (AvgIpc) is 3.30. The smallest absolute Gasteiger partial charge is 0.225 e. The van der Waals surface area contributed by atoms with E-state index in [0.717, 1.165) is 70.9 Å². The van der Waals surface area contributed by atoms with Crippen molar-refractivity contribution < 1.29 is 9.53 Å². The van der Waals surface area contributed by atoms with Gasteiger partial charge in [-0.15, -0.1) is 0 Å². The first-order valence-electron chi connectivity index (χ1n) is 9.73. The molecule has 1 N–H and O–H groups in total. The molecule has 5 nitrogen and oxygen atoms in total. The number of carbonyl (C=O) groups is 1. The number of piperidine rings is 2. The van der Waals surface area contributed by atoms with Crippen molar-refractivity contribution in [3.8, 4) is 0 Å². The van der Waals surface area contributed by atoms with E-state index < -0.39 is 0 Å². The summed E-state index contributed by atoms with van der Waals surface area (Å²) in [5, 5.41) is 3.73. The van der Waals surface area contributed by atoms with Crippen molar-refractivity contribution in [1.29, 1.82) is 0 Å². The molecule has 2 aliphatic heterocycles. The van der Waals surface area contributed by atoms with E-state index in [-0.39, 0.29) is 11.3 Å². The number of hydrogen-bond acceptors (Lipinski definition) is 4. The van der Waals surface area contributed by atoms with Crippen molar-refractivity contribution in [3.63, 3.8) is 0 Å². The molecule has 138 valence electrons. The van der Waals surface area contributed by atoms with Gasteiger partial charge in [0.25, 0.3) is 0 Å². The van der Waals surface area contributed by atoms with Crippen molar-refractivity contribution in [1.82, 2.24) is 15.1 Å². The molecule has 2 saturated heterocycles. The molecule has 3 fully saturated rings. The van der Waals surface area contributed by atoms with Gasteiger partial charge in [-0.2, -0.15) is 0 Å². The predicted molar refractivity (Wildman–Crippen MR) is 95.9 cm³/mol. The van der Waals surface area contributed by atoms with Crippen molar-refractivity contribution >= 4 is 5.91 Å². The van der Waals surface area contributed by atoms with Gasteiger partial charge in [-0.1, -0.05) is 6.92 Å². The maximum absolute atomic E-state index is 12.8. The SMILES string of the molecule is COCC1(CN[C@@H]2C[C@H]2C)CCN(C(=O)C2CCN(C)CC2)CC1. The highest BCUT2D eigenvalue weighted by atomic mass is 16.5. The van der Waals surface area contributed by atoms with Crippen LogP contribution >= 0.6 is 0 Å². The van der Waals surface area contributed by atoms with Crippen LogP contribution in [0.5, 0.6) is 0 Å². The summed E-state index contributed by atoms with van der Waals surface area (Å²) in [6.07, 6.45) is 5.48. The van der Waals surface area contributed by atoms with Crippen molar-refractivity contribution in [3.05, 3.63) is 0 Å². The number of amides is 1. The standard InChI is InChI=1S/C19H35N3O2/c1-15-12-17(15)20-13-19(14-24-3)6-10-22(11-7-19)18(23)16-4-8-21(2)9-5-16/h15-17,20H,4-14H2,1-3H3/t15-,17-/m1/s1. The highest BCUT2D eigenvalue weighted by Crippen LogP contribution is 2.35. The lowest BCUT2D eigenvalue weighted by molar-refractivity contribution is -0.140. The van der Waals surface area contributed by atoms with E-state index in [4.69, 9.17) is 4.74 Å². The van der Waals surface area contributed by atoms with Crippen molar-refractivity contribution in [2.24, 2.45) is 17.3 Å². The summed E-state index contributed by atoms with van der Waals surface area (Å²) >= 11 is 0. The van der Waals surface area contributed by atoms with Crippen LogP contribution in [-0.4, -0.2) is 75.2 Å². The molecule has 0 bridgehead atoms. The van der Waals surface area contributed by atoms with Gasteiger partial charge >= 0.3 is 0 Å². The zero-order valence-electron chi connectivity index (χ0n) is 15.7. The number of rotatable bonds is 6. The van der Waals surface area contributed by atoms with E-state index in [9.17, 15) is 4.79 Å². The molecule has 3 rings (SSSR count). The maximum Gasteiger partial charge on any atom is 0.225 e. The van der Waals surface area contributed by atoms with Gasteiger partial charge in [-0.05, 0) is 58.2 Å². The van der Waals surface area contributed by atoms with Crippen LogP contribution in [0.25, 0.3) is 0 Å². The Morgan fingerprint density at radius 2 is 1.83 bits per heavy atom. The van der Waals surface area contributed by atoms with Crippen LogP contribution in [0.15, 0.2) is 0 Å². The zero-order chi connectivity index (χ0) is 17.2. The lowest BCUT2D eigenvalue weighted by atomic mass is 9.78. The summed E-state index contributed by atoms with van der Waals surface area (Å²) in [5.74, 6) is 1.48. The second kappa shape index (κ2) is 7.71. The van der Waals surface area contributed by atoms with Gasteiger partial charge in [-0.3, -0.25) is 4.79 Å². The molecule has 0 aromatic carbocycles. The highest BCUT2D eigenvalue weighted by Gasteiger charge is 2.40. The number of nitrogens with zero attached hydrogens (tertiary/aromatic N) is 2. The Bertz CT molecular complexity index is 426. The van der Waals surface area contributed by atoms with E-state index in [2.05, 4.69) is 29.1 Å². The van der Waals surface area contributed by atoms with Crippen LogP contribution in [0, 0.1) is 17.3 Å². The second-order valence-electron chi connectivity index (χ2n) is 8.54.